The Morgan fingerprint density at radius 1 is 1.23 bits per heavy atom. The summed E-state index contributed by atoms with van der Waals surface area (Å²) < 4.78 is 26.9. The van der Waals surface area contributed by atoms with Gasteiger partial charge in [-0.25, -0.2) is 13.2 Å². The molecule has 1 N–H and O–H groups in total. The van der Waals surface area contributed by atoms with Gasteiger partial charge in [-0.15, -0.1) is 0 Å². The summed E-state index contributed by atoms with van der Waals surface area (Å²) in [6.45, 7) is 3.21. The van der Waals surface area contributed by atoms with Gasteiger partial charge in [-0.2, -0.15) is 4.31 Å². The van der Waals surface area contributed by atoms with Crippen LogP contribution in [0.25, 0.3) is 0 Å². The van der Waals surface area contributed by atoms with Crippen LogP contribution in [-0.4, -0.2) is 61.3 Å². The maximum atomic E-state index is 12.8. The normalized spacial score (nSPS) is 16.4. The molecule has 144 valence electrons. The molecule has 0 unspecified atom stereocenters. The van der Waals surface area contributed by atoms with Crippen LogP contribution in [0, 0.1) is 5.92 Å². The predicted octanol–water partition coefficient (Wildman–Crippen LogP) is 2.04. The molecule has 0 aliphatic carbocycles. The highest BCUT2D eigenvalue weighted by atomic mass is 32.2. The zero-order valence-corrected chi connectivity index (χ0v) is 16.0. The van der Waals surface area contributed by atoms with Crippen molar-refractivity contribution >= 4 is 21.9 Å². The maximum absolute atomic E-state index is 12.8. The lowest BCUT2D eigenvalue weighted by molar-refractivity contribution is -0.135. The van der Waals surface area contributed by atoms with Crippen LogP contribution in [0.5, 0.6) is 0 Å². The molecule has 8 heteroatoms. The topological polar surface area (TPSA) is 95.0 Å². The summed E-state index contributed by atoms with van der Waals surface area (Å²) in [7, 11) is -2.11. The highest BCUT2D eigenvalue weighted by Crippen LogP contribution is 2.26. The molecule has 1 heterocycles. The van der Waals surface area contributed by atoms with Gasteiger partial charge in [0.2, 0.25) is 15.9 Å². The van der Waals surface area contributed by atoms with Crippen LogP contribution >= 0.6 is 0 Å². The number of rotatable bonds is 7. The second kappa shape index (κ2) is 8.64. The number of hydrogen-bond acceptors (Lipinski definition) is 4. The minimum Gasteiger partial charge on any atom is -0.478 e. The van der Waals surface area contributed by atoms with Gasteiger partial charge in [0.1, 0.15) is 0 Å². The molecule has 0 saturated carbocycles. The molecular formula is C18H26N2O5S. The van der Waals surface area contributed by atoms with E-state index >= 15 is 0 Å². The summed E-state index contributed by atoms with van der Waals surface area (Å²) >= 11 is 0. The Morgan fingerprint density at radius 3 is 2.42 bits per heavy atom. The smallest absolute Gasteiger partial charge is 0.337 e. The summed E-state index contributed by atoms with van der Waals surface area (Å²) in [6, 6.07) is 5.61. The number of unbranched alkanes of at least 4 members (excludes halogenated alkanes) is 1. The zero-order valence-electron chi connectivity index (χ0n) is 15.2. The van der Waals surface area contributed by atoms with Gasteiger partial charge in [-0.3, -0.25) is 4.79 Å². The first-order valence-corrected chi connectivity index (χ1v) is 10.3. The van der Waals surface area contributed by atoms with Crippen LogP contribution in [0.3, 0.4) is 0 Å². The van der Waals surface area contributed by atoms with E-state index in [1.807, 2.05) is 0 Å². The first-order chi connectivity index (χ1) is 12.3. The summed E-state index contributed by atoms with van der Waals surface area (Å²) in [4.78, 5) is 25.3. The lowest BCUT2D eigenvalue weighted by Crippen LogP contribution is -2.43. The number of benzene rings is 1. The van der Waals surface area contributed by atoms with Crippen molar-refractivity contribution in [2.75, 3.05) is 26.7 Å². The molecule has 1 fully saturated rings. The molecular weight excluding hydrogens is 356 g/mol. The molecule has 0 radical (unpaired) electrons. The van der Waals surface area contributed by atoms with Gasteiger partial charge in [0.05, 0.1) is 10.5 Å². The first kappa shape index (κ1) is 20.4. The Bertz CT molecular complexity index is 755. The fourth-order valence-electron chi connectivity index (χ4n) is 3.17. The van der Waals surface area contributed by atoms with Gasteiger partial charge in [-0.05, 0) is 31.4 Å². The van der Waals surface area contributed by atoms with Crippen LogP contribution < -0.4 is 0 Å². The fourth-order valence-corrected chi connectivity index (χ4v) is 4.82. The van der Waals surface area contributed by atoms with Crippen LogP contribution in [0.4, 0.5) is 0 Å². The molecule has 1 saturated heterocycles. The minimum atomic E-state index is -3.89. The van der Waals surface area contributed by atoms with Crippen molar-refractivity contribution in [3.63, 3.8) is 0 Å². The Hall–Kier alpha value is -1.93. The van der Waals surface area contributed by atoms with E-state index in [-0.39, 0.29) is 35.4 Å². The number of piperidine rings is 1. The van der Waals surface area contributed by atoms with Crippen LogP contribution in [0.2, 0.25) is 0 Å². The van der Waals surface area contributed by atoms with Crippen molar-refractivity contribution in [1.82, 2.24) is 9.21 Å². The number of hydrogen-bond donors (Lipinski definition) is 1. The molecule has 2 rings (SSSR count). The van der Waals surface area contributed by atoms with E-state index in [1.54, 1.807) is 11.9 Å². The third-order valence-corrected chi connectivity index (χ3v) is 6.72. The average molecular weight is 382 g/mol. The highest BCUT2D eigenvalue weighted by Gasteiger charge is 2.34. The van der Waals surface area contributed by atoms with Gasteiger partial charge in [-0.1, -0.05) is 25.5 Å². The second-order valence-electron chi connectivity index (χ2n) is 6.59. The summed E-state index contributed by atoms with van der Waals surface area (Å²) in [6.07, 6.45) is 2.85. The number of sulfonamides is 1. The molecule has 1 aliphatic heterocycles. The van der Waals surface area contributed by atoms with E-state index in [2.05, 4.69) is 6.92 Å². The lowest BCUT2D eigenvalue weighted by atomic mass is 9.96. The van der Waals surface area contributed by atoms with E-state index in [0.29, 0.717) is 19.4 Å². The van der Waals surface area contributed by atoms with Crippen molar-refractivity contribution < 1.29 is 23.1 Å². The second-order valence-corrected chi connectivity index (χ2v) is 8.50. The number of carbonyl (C=O) groups excluding carboxylic acids is 1. The number of carbonyl (C=O) groups is 2. The van der Waals surface area contributed by atoms with Crippen molar-refractivity contribution in [3.8, 4) is 0 Å². The van der Waals surface area contributed by atoms with Gasteiger partial charge in [0, 0.05) is 32.6 Å². The van der Waals surface area contributed by atoms with Crippen LogP contribution in [0.15, 0.2) is 29.2 Å². The largest absolute Gasteiger partial charge is 0.478 e. The molecule has 0 aromatic heterocycles. The highest BCUT2D eigenvalue weighted by molar-refractivity contribution is 7.89. The van der Waals surface area contributed by atoms with Crippen molar-refractivity contribution in [2.24, 2.45) is 5.92 Å². The summed E-state index contributed by atoms with van der Waals surface area (Å²) in [5.74, 6) is -1.40. The van der Waals surface area contributed by atoms with E-state index in [0.717, 1.165) is 12.8 Å². The molecule has 1 amide bonds. The van der Waals surface area contributed by atoms with Crippen molar-refractivity contribution in [3.05, 3.63) is 29.8 Å². The predicted molar refractivity (Wildman–Crippen MR) is 97.4 cm³/mol. The Labute approximate surface area is 154 Å². The number of amides is 1. The minimum absolute atomic E-state index is 0.0569. The van der Waals surface area contributed by atoms with Crippen LogP contribution in [-0.2, 0) is 14.8 Å². The zero-order chi connectivity index (χ0) is 19.3. The van der Waals surface area contributed by atoms with Crippen molar-refractivity contribution in [1.29, 1.82) is 0 Å². The maximum Gasteiger partial charge on any atom is 0.337 e. The Morgan fingerprint density at radius 2 is 1.85 bits per heavy atom. The standard InChI is InChI=1S/C18H26N2O5S/c1-3-4-11-19(2)17(21)14-9-12-20(13-10-14)26(24,25)16-8-6-5-7-15(16)18(22)23/h5-8,14H,3-4,9-13H2,1-2H3,(H,22,23). The molecule has 26 heavy (non-hydrogen) atoms. The van der Waals surface area contributed by atoms with E-state index in [1.165, 1.54) is 28.6 Å². The Balaban J connectivity index is 2.08. The lowest BCUT2D eigenvalue weighted by Gasteiger charge is -2.32. The number of nitrogens with zero attached hydrogens (tertiary/aromatic N) is 2. The van der Waals surface area contributed by atoms with E-state index in [4.69, 9.17) is 0 Å². The summed E-state index contributed by atoms with van der Waals surface area (Å²) in [5, 5.41) is 9.24. The van der Waals surface area contributed by atoms with Gasteiger partial charge in [0.15, 0.2) is 0 Å². The molecule has 1 aliphatic rings. The molecule has 7 nitrogen and oxygen atoms in total. The molecule has 1 aromatic carbocycles. The average Bonchev–Trinajstić information content (AvgIpc) is 2.65. The van der Waals surface area contributed by atoms with Crippen LogP contribution in [0.1, 0.15) is 43.0 Å². The van der Waals surface area contributed by atoms with Crippen molar-refractivity contribution in [2.45, 2.75) is 37.5 Å². The number of carboxylic acid groups (broad SMARTS) is 1. The molecule has 1 aromatic rings. The SMILES string of the molecule is CCCCN(C)C(=O)C1CCN(S(=O)(=O)c2ccccc2C(=O)O)CC1. The third kappa shape index (κ3) is 4.42. The molecule has 0 atom stereocenters. The van der Waals surface area contributed by atoms with Gasteiger partial charge >= 0.3 is 5.97 Å². The molecule has 0 bridgehead atoms. The number of carboxylic acids is 1. The van der Waals surface area contributed by atoms with E-state index < -0.39 is 16.0 Å². The van der Waals surface area contributed by atoms with E-state index in [9.17, 15) is 23.1 Å². The number of aromatic carboxylic acids is 1. The quantitative estimate of drug-likeness (QED) is 0.779. The summed E-state index contributed by atoms with van der Waals surface area (Å²) in [5.41, 5.74) is -0.231. The Kier molecular flexibility index (Phi) is 6.77. The van der Waals surface area contributed by atoms with Gasteiger partial charge < -0.3 is 10.0 Å². The third-order valence-electron chi connectivity index (χ3n) is 4.76. The first-order valence-electron chi connectivity index (χ1n) is 8.86. The molecule has 0 spiro atoms. The fraction of sp³-hybridized carbons (Fsp3) is 0.556. The van der Waals surface area contributed by atoms with Gasteiger partial charge in [0.25, 0.3) is 0 Å². The monoisotopic (exact) mass is 382 g/mol.